The second kappa shape index (κ2) is 6.13. The highest BCUT2D eigenvalue weighted by atomic mass is 79.9. The average Bonchev–Trinajstić information content (AvgIpc) is 2.75. The van der Waals surface area contributed by atoms with Gasteiger partial charge in [0, 0.05) is 16.7 Å². The molecule has 5 nitrogen and oxygen atoms in total. The number of nitrogens with two attached hydrogens (primary N) is 1. The zero-order chi connectivity index (χ0) is 14.0. The first kappa shape index (κ1) is 14.6. The summed E-state index contributed by atoms with van der Waals surface area (Å²) in [7, 11) is 0. The Balaban J connectivity index is 2.55. The molecule has 0 aromatic carbocycles. The fourth-order valence-corrected chi connectivity index (χ4v) is 2.92. The van der Waals surface area contributed by atoms with Crippen molar-refractivity contribution >= 4 is 31.9 Å². The van der Waals surface area contributed by atoms with E-state index in [-0.39, 0.29) is 12.1 Å². The van der Waals surface area contributed by atoms with Crippen LogP contribution in [0.15, 0.2) is 33.5 Å². The molecule has 2 aromatic rings. The van der Waals surface area contributed by atoms with E-state index in [1.54, 1.807) is 12.4 Å². The van der Waals surface area contributed by atoms with Crippen LogP contribution in [0.5, 0.6) is 0 Å². The molecule has 0 aliphatic carbocycles. The lowest BCUT2D eigenvalue weighted by Crippen LogP contribution is -2.32. The Hall–Kier alpha value is -0.760. The lowest BCUT2D eigenvalue weighted by molar-refractivity contribution is 0.471. The summed E-state index contributed by atoms with van der Waals surface area (Å²) >= 11 is 7.03. The van der Waals surface area contributed by atoms with Gasteiger partial charge in [0.1, 0.15) is 6.04 Å². The first-order valence-corrected chi connectivity index (χ1v) is 7.44. The van der Waals surface area contributed by atoms with Gasteiger partial charge >= 0.3 is 0 Å². The fourth-order valence-electron chi connectivity index (χ4n) is 1.93. The summed E-state index contributed by atoms with van der Waals surface area (Å²) in [5.74, 6) is 5.73. The van der Waals surface area contributed by atoms with Gasteiger partial charge in [0.05, 0.1) is 22.1 Å². The lowest BCUT2D eigenvalue weighted by Gasteiger charge is -2.20. The molecule has 0 saturated carbocycles. The maximum Gasteiger partial charge on any atom is 0.107 e. The summed E-state index contributed by atoms with van der Waals surface area (Å²) in [5.41, 5.74) is 4.60. The van der Waals surface area contributed by atoms with E-state index in [0.717, 1.165) is 20.3 Å². The first-order valence-electron chi connectivity index (χ1n) is 5.85. The Kier molecular flexibility index (Phi) is 4.72. The minimum absolute atomic E-state index is 0.236. The van der Waals surface area contributed by atoms with Crippen molar-refractivity contribution in [1.29, 1.82) is 0 Å². The van der Waals surface area contributed by atoms with Crippen molar-refractivity contribution < 1.29 is 0 Å². The number of nitrogens with one attached hydrogen (secondary N) is 1. The molecule has 1 atom stereocenters. The maximum absolute atomic E-state index is 5.73. The molecule has 0 aliphatic heterocycles. The van der Waals surface area contributed by atoms with Gasteiger partial charge in [-0.1, -0.05) is 0 Å². The van der Waals surface area contributed by atoms with Crippen LogP contribution >= 0.6 is 31.9 Å². The van der Waals surface area contributed by atoms with Gasteiger partial charge in [0.15, 0.2) is 0 Å². The average molecular weight is 389 g/mol. The zero-order valence-corrected chi connectivity index (χ0v) is 13.8. The number of hydrogen-bond donors (Lipinski definition) is 2. The van der Waals surface area contributed by atoms with Gasteiger partial charge < -0.3 is 0 Å². The van der Waals surface area contributed by atoms with Gasteiger partial charge in [0.25, 0.3) is 0 Å². The van der Waals surface area contributed by atoms with Crippen molar-refractivity contribution in [2.24, 2.45) is 5.84 Å². The molecule has 0 radical (unpaired) electrons. The molecule has 0 spiro atoms. The molecule has 2 aromatic heterocycles. The molecule has 0 bridgehead atoms. The van der Waals surface area contributed by atoms with Gasteiger partial charge in [-0.05, 0) is 57.8 Å². The van der Waals surface area contributed by atoms with E-state index in [4.69, 9.17) is 5.84 Å². The quantitative estimate of drug-likeness (QED) is 0.624. The minimum Gasteiger partial charge on any atom is -0.270 e. The summed E-state index contributed by atoms with van der Waals surface area (Å²) in [6.45, 7) is 4.15. The number of halogens is 2. The van der Waals surface area contributed by atoms with Gasteiger partial charge in [-0.25, -0.2) is 5.43 Å². The van der Waals surface area contributed by atoms with Crippen LogP contribution in [-0.2, 0) is 0 Å². The van der Waals surface area contributed by atoms with Crippen LogP contribution in [0.25, 0.3) is 0 Å². The Labute approximate surface area is 128 Å². The third-order valence-corrected chi connectivity index (χ3v) is 4.06. The Morgan fingerprint density at radius 1 is 1.32 bits per heavy atom. The number of nitrogens with zero attached hydrogens (tertiary/aromatic N) is 3. The van der Waals surface area contributed by atoms with Crippen LogP contribution in [0.4, 0.5) is 0 Å². The molecule has 102 valence electrons. The molecule has 2 rings (SSSR count). The van der Waals surface area contributed by atoms with Crippen molar-refractivity contribution in [2.45, 2.75) is 25.9 Å². The molecule has 1 unspecified atom stereocenters. The van der Waals surface area contributed by atoms with E-state index in [0.29, 0.717) is 0 Å². The maximum atomic E-state index is 5.73. The van der Waals surface area contributed by atoms with Crippen LogP contribution in [0.3, 0.4) is 0 Å². The van der Waals surface area contributed by atoms with Crippen LogP contribution in [0, 0.1) is 0 Å². The Bertz CT molecular complexity index is 567. The van der Waals surface area contributed by atoms with Gasteiger partial charge in [0.2, 0.25) is 0 Å². The van der Waals surface area contributed by atoms with Crippen molar-refractivity contribution in [2.75, 3.05) is 0 Å². The van der Waals surface area contributed by atoms with E-state index in [9.17, 15) is 0 Å². The molecule has 2 heterocycles. The van der Waals surface area contributed by atoms with Crippen molar-refractivity contribution in [3.05, 3.63) is 44.9 Å². The molecule has 0 fully saturated rings. The lowest BCUT2D eigenvalue weighted by atomic mass is 10.1. The smallest absolute Gasteiger partial charge is 0.107 e. The van der Waals surface area contributed by atoms with Crippen molar-refractivity contribution in [3.8, 4) is 0 Å². The number of pyridine rings is 1. The molecular formula is C12H15Br2N5. The van der Waals surface area contributed by atoms with Crippen LogP contribution < -0.4 is 11.3 Å². The normalized spacial score (nSPS) is 12.9. The highest BCUT2D eigenvalue weighted by Crippen LogP contribution is 2.32. The Morgan fingerprint density at radius 3 is 2.63 bits per heavy atom. The molecule has 7 heteroatoms. The molecule has 0 aliphatic rings. The van der Waals surface area contributed by atoms with Crippen molar-refractivity contribution in [1.82, 2.24) is 20.2 Å². The van der Waals surface area contributed by atoms with Crippen molar-refractivity contribution in [3.63, 3.8) is 0 Å². The minimum atomic E-state index is -0.241. The number of aromatic nitrogens is 3. The molecule has 0 amide bonds. The molecule has 0 saturated heterocycles. The summed E-state index contributed by atoms with van der Waals surface area (Å²) in [6, 6.07) is 3.81. The van der Waals surface area contributed by atoms with E-state index in [1.165, 1.54) is 0 Å². The zero-order valence-electron chi connectivity index (χ0n) is 10.6. The topological polar surface area (TPSA) is 68.8 Å². The summed E-state index contributed by atoms with van der Waals surface area (Å²) < 4.78 is 3.73. The molecule has 3 N–H and O–H groups in total. The molecule has 19 heavy (non-hydrogen) atoms. The van der Waals surface area contributed by atoms with E-state index in [2.05, 4.69) is 61.2 Å². The van der Waals surface area contributed by atoms with E-state index >= 15 is 0 Å². The van der Waals surface area contributed by atoms with E-state index in [1.807, 2.05) is 16.8 Å². The third-order valence-electron chi connectivity index (χ3n) is 2.78. The first-order chi connectivity index (χ1) is 9.06. The van der Waals surface area contributed by atoms with Crippen LogP contribution in [-0.4, -0.2) is 14.8 Å². The van der Waals surface area contributed by atoms with Gasteiger partial charge in [-0.2, -0.15) is 5.10 Å². The third kappa shape index (κ3) is 2.89. The predicted molar refractivity (Wildman–Crippen MR) is 81.4 cm³/mol. The van der Waals surface area contributed by atoms with E-state index < -0.39 is 0 Å². The second-order valence-corrected chi connectivity index (χ2v) is 6.09. The predicted octanol–water partition coefficient (Wildman–Crippen LogP) is 2.94. The highest BCUT2D eigenvalue weighted by Gasteiger charge is 2.24. The summed E-state index contributed by atoms with van der Waals surface area (Å²) in [6.07, 6.45) is 3.52. The summed E-state index contributed by atoms with van der Waals surface area (Å²) in [5, 5.41) is 4.37. The van der Waals surface area contributed by atoms with Gasteiger partial charge in [-0.3, -0.25) is 15.5 Å². The van der Waals surface area contributed by atoms with Crippen LogP contribution in [0.2, 0.25) is 0 Å². The number of rotatable bonds is 4. The SMILES string of the molecule is CC(C)n1ncc(Br)c1C(NN)c1ncccc1Br. The second-order valence-electron chi connectivity index (χ2n) is 4.39. The number of hydrogen-bond acceptors (Lipinski definition) is 4. The van der Waals surface area contributed by atoms with Crippen LogP contribution in [0.1, 0.15) is 37.3 Å². The summed E-state index contributed by atoms with van der Waals surface area (Å²) in [4.78, 5) is 4.40. The standard InChI is InChI=1S/C12H15Br2N5/c1-7(2)19-12(9(14)6-17-19)11(18-15)10-8(13)4-3-5-16-10/h3-7,11,18H,15H2,1-2H3. The number of hydrazine groups is 1. The molecular weight excluding hydrogens is 374 g/mol. The monoisotopic (exact) mass is 387 g/mol. The largest absolute Gasteiger partial charge is 0.270 e. The Morgan fingerprint density at radius 2 is 2.05 bits per heavy atom. The van der Waals surface area contributed by atoms with Gasteiger partial charge in [-0.15, -0.1) is 0 Å². The highest BCUT2D eigenvalue weighted by molar-refractivity contribution is 9.10. The fraction of sp³-hybridized carbons (Fsp3) is 0.333.